The number of anilines is 1. The summed E-state index contributed by atoms with van der Waals surface area (Å²) in [4.78, 5) is 21.9. The SMILES string of the molecule is CCNCC(=O)Nc1cc([N+](=O)[O-])c(C)cc1C. The van der Waals surface area contributed by atoms with Crippen molar-refractivity contribution >= 4 is 17.3 Å². The molecule has 1 rings (SSSR count). The minimum absolute atomic E-state index is 0.0133. The van der Waals surface area contributed by atoms with Crippen molar-refractivity contribution in [3.8, 4) is 0 Å². The lowest BCUT2D eigenvalue weighted by molar-refractivity contribution is -0.385. The Bertz CT molecular complexity index is 472. The van der Waals surface area contributed by atoms with Crippen LogP contribution in [0.15, 0.2) is 12.1 Å². The van der Waals surface area contributed by atoms with Crippen LogP contribution in [0.4, 0.5) is 11.4 Å². The molecule has 2 N–H and O–H groups in total. The molecule has 0 aliphatic carbocycles. The molecule has 0 bridgehead atoms. The maximum absolute atomic E-state index is 11.5. The number of nitro groups is 1. The van der Waals surface area contributed by atoms with E-state index in [4.69, 9.17) is 0 Å². The Labute approximate surface area is 106 Å². The lowest BCUT2D eigenvalue weighted by Crippen LogP contribution is -2.28. The number of rotatable bonds is 5. The minimum atomic E-state index is -0.450. The Morgan fingerprint density at radius 1 is 1.33 bits per heavy atom. The normalized spacial score (nSPS) is 10.2. The Kier molecular flexibility index (Phi) is 4.79. The van der Waals surface area contributed by atoms with Gasteiger partial charge in [-0.15, -0.1) is 0 Å². The summed E-state index contributed by atoms with van der Waals surface area (Å²) in [6.45, 7) is 6.27. The van der Waals surface area contributed by atoms with Crippen molar-refractivity contribution in [3.63, 3.8) is 0 Å². The molecule has 1 aromatic rings. The predicted octanol–water partition coefficient (Wildman–Crippen LogP) is 1.76. The molecule has 0 unspecified atom stereocenters. The number of hydrogen-bond acceptors (Lipinski definition) is 4. The second kappa shape index (κ2) is 6.11. The zero-order valence-electron chi connectivity index (χ0n) is 10.7. The molecule has 6 nitrogen and oxygen atoms in total. The third kappa shape index (κ3) is 3.53. The van der Waals surface area contributed by atoms with Gasteiger partial charge in [0.05, 0.1) is 17.2 Å². The van der Waals surface area contributed by atoms with Gasteiger partial charge >= 0.3 is 0 Å². The summed E-state index contributed by atoms with van der Waals surface area (Å²) in [5.74, 6) is -0.210. The monoisotopic (exact) mass is 251 g/mol. The van der Waals surface area contributed by atoms with Crippen LogP contribution in [0.1, 0.15) is 18.1 Å². The van der Waals surface area contributed by atoms with Crippen LogP contribution >= 0.6 is 0 Å². The fraction of sp³-hybridized carbons (Fsp3) is 0.417. The number of carbonyl (C=O) groups is 1. The van der Waals surface area contributed by atoms with Gasteiger partial charge in [-0.2, -0.15) is 0 Å². The number of hydrogen-bond donors (Lipinski definition) is 2. The van der Waals surface area contributed by atoms with E-state index in [9.17, 15) is 14.9 Å². The highest BCUT2D eigenvalue weighted by molar-refractivity contribution is 5.93. The largest absolute Gasteiger partial charge is 0.324 e. The smallest absolute Gasteiger partial charge is 0.274 e. The van der Waals surface area contributed by atoms with Crippen molar-refractivity contribution in [2.45, 2.75) is 20.8 Å². The molecule has 0 aliphatic rings. The molecule has 98 valence electrons. The number of likely N-dealkylation sites (N-methyl/N-ethyl adjacent to an activating group) is 1. The predicted molar refractivity (Wildman–Crippen MR) is 69.7 cm³/mol. The van der Waals surface area contributed by atoms with Crippen LogP contribution in [-0.2, 0) is 4.79 Å². The first-order valence-corrected chi connectivity index (χ1v) is 5.72. The summed E-state index contributed by atoms with van der Waals surface area (Å²) in [6, 6.07) is 3.09. The fourth-order valence-electron chi connectivity index (χ4n) is 1.61. The van der Waals surface area contributed by atoms with E-state index in [2.05, 4.69) is 10.6 Å². The van der Waals surface area contributed by atoms with Crippen molar-refractivity contribution in [1.82, 2.24) is 5.32 Å². The van der Waals surface area contributed by atoms with Crippen molar-refractivity contribution < 1.29 is 9.72 Å². The summed E-state index contributed by atoms with van der Waals surface area (Å²) < 4.78 is 0. The van der Waals surface area contributed by atoms with Crippen molar-refractivity contribution in [2.75, 3.05) is 18.4 Å². The van der Waals surface area contributed by atoms with E-state index in [1.165, 1.54) is 6.07 Å². The zero-order chi connectivity index (χ0) is 13.7. The lowest BCUT2D eigenvalue weighted by Gasteiger charge is -2.09. The number of carbonyl (C=O) groups excluding carboxylic acids is 1. The quantitative estimate of drug-likeness (QED) is 0.617. The van der Waals surface area contributed by atoms with Crippen molar-refractivity contribution in [1.29, 1.82) is 0 Å². The van der Waals surface area contributed by atoms with E-state index in [0.29, 0.717) is 17.8 Å². The molecule has 1 aromatic carbocycles. The first kappa shape index (κ1) is 14.1. The third-order valence-corrected chi connectivity index (χ3v) is 2.55. The van der Waals surface area contributed by atoms with E-state index < -0.39 is 4.92 Å². The van der Waals surface area contributed by atoms with Crippen LogP contribution in [0.5, 0.6) is 0 Å². The highest BCUT2D eigenvalue weighted by Crippen LogP contribution is 2.26. The molecule has 6 heteroatoms. The van der Waals surface area contributed by atoms with Crippen LogP contribution < -0.4 is 10.6 Å². The topological polar surface area (TPSA) is 84.3 Å². The molecule has 0 atom stereocenters. The molecule has 0 radical (unpaired) electrons. The molecule has 0 aromatic heterocycles. The zero-order valence-corrected chi connectivity index (χ0v) is 10.7. The fourth-order valence-corrected chi connectivity index (χ4v) is 1.61. The molecule has 0 heterocycles. The van der Waals surface area contributed by atoms with Crippen molar-refractivity contribution in [3.05, 3.63) is 33.4 Å². The van der Waals surface area contributed by atoms with Gasteiger partial charge in [-0.05, 0) is 32.0 Å². The average Bonchev–Trinajstić information content (AvgIpc) is 2.29. The Balaban J connectivity index is 2.92. The first-order chi connectivity index (χ1) is 8.45. The molecule has 0 aliphatic heterocycles. The number of aryl methyl sites for hydroxylation is 2. The van der Waals surface area contributed by atoms with E-state index in [1.54, 1.807) is 19.9 Å². The van der Waals surface area contributed by atoms with Gasteiger partial charge < -0.3 is 10.6 Å². The molecule has 18 heavy (non-hydrogen) atoms. The Hall–Kier alpha value is -1.95. The Morgan fingerprint density at radius 2 is 2.00 bits per heavy atom. The molecule has 0 spiro atoms. The first-order valence-electron chi connectivity index (χ1n) is 5.72. The average molecular weight is 251 g/mol. The summed E-state index contributed by atoms with van der Waals surface area (Å²) in [5.41, 5.74) is 1.89. The van der Waals surface area contributed by atoms with Gasteiger partial charge in [0.25, 0.3) is 5.69 Å². The second-order valence-corrected chi connectivity index (χ2v) is 4.04. The van der Waals surface area contributed by atoms with Gasteiger partial charge in [-0.25, -0.2) is 0 Å². The standard InChI is InChI=1S/C12H17N3O3/c1-4-13-7-12(16)14-10-6-11(15(17)18)9(3)5-8(10)2/h5-6,13H,4,7H2,1-3H3,(H,14,16). The van der Waals surface area contributed by atoms with Crippen LogP contribution in [0.2, 0.25) is 0 Å². The van der Waals surface area contributed by atoms with E-state index >= 15 is 0 Å². The molecule has 0 saturated carbocycles. The highest BCUT2D eigenvalue weighted by Gasteiger charge is 2.14. The Morgan fingerprint density at radius 3 is 2.56 bits per heavy atom. The van der Waals surface area contributed by atoms with E-state index in [0.717, 1.165) is 5.56 Å². The van der Waals surface area contributed by atoms with Crippen LogP contribution in [0.25, 0.3) is 0 Å². The van der Waals surface area contributed by atoms with Crippen LogP contribution in [0, 0.1) is 24.0 Å². The number of amides is 1. The maximum atomic E-state index is 11.5. The van der Waals surface area contributed by atoms with Gasteiger partial charge in [0.2, 0.25) is 5.91 Å². The molecule has 0 fully saturated rings. The molecular formula is C12H17N3O3. The molecule has 0 saturated heterocycles. The lowest BCUT2D eigenvalue weighted by atomic mass is 10.1. The summed E-state index contributed by atoms with van der Waals surface area (Å²) in [6.07, 6.45) is 0. The number of benzene rings is 1. The molecule has 1 amide bonds. The van der Waals surface area contributed by atoms with Crippen LogP contribution in [0.3, 0.4) is 0 Å². The minimum Gasteiger partial charge on any atom is -0.324 e. The number of nitro benzene ring substituents is 1. The molecular weight excluding hydrogens is 234 g/mol. The highest BCUT2D eigenvalue weighted by atomic mass is 16.6. The summed E-state index contributed by atoms with van der Waals surface area (Å²) in [7, 11) is 0. The van der Waals surface area contributed by atoms with Gasteiger partial charge in [0.15, 0.2) is 0 Å². The third-order valence-electron chi connectivity index (χ3n) is 2.55. The van der Waals surface area contributed by atoms with Gasteiger partial charge in [-0.3, -0.25) is 14.9 Å². The summed E-state index contributed by atoms with van der Waals surface area (Å²) in [5, 5.41) is 16.4. The van der Waals surface area contributed by atoms with Gasteiger partial charge in [-0.1, -0.05) is 6.92 Å². The maximum Gasteiger partial charge on any atom is 0.274 e. The van der Waals surface area contributed by atoms with Crippen molar-refractivity contribution in [2.24, 2.45) is 0 Å². The number of nitrogens with one attached hydrogen (secondary N) is 2. The van der Waals surface area contributed by atoms with Gasteiger partial charge in [0.1, 0.15) is 0 Å². The van der Waals surface area contributed by atoms with E-state index in [-0.39, 0.29) is 18.1 Å². The van der Waals surface area contributed by atoms with E-state index in [1.807, 2.05) is 6.92 Å². The summed E-state index contributed by atoms with van der Waals surface area (Å²) >= 11 is 0. The number of nitrogens with zero attached hydrogens (tertiary/aromatic N) is 1. The van der Waals surface area contributed by atoms with Gasteiger partial charge in [0, 0.05) is 11.6 Å². The second-order valence-electron chi connectivity index (χ2n) is 4.04. The van der Waals surface area contributed by atoms with Crippen LogP contribution in [-0.4, -0.2) is 23.9 Å².